The third kappa shape index (κ3) is 1.52. The van der Waals surface area contributed by atoms with Crippen molar-refractivity contribution in [3.05, 3.63) is 28.8 Å². The largest absolute Gasteiger partial charge is 0.384 e. The highest BCUT2D eigenvalue weighted by atomic mass is 35.5. The van der Waals surface area contributed by atoms with Crippen LogP contribution in [0.15, 0.2) is 18.2 Å². The number of hydrogen-bond acceptors (Lipinski definition) is 2. The lowest BCUT2D eigenvalue weighted by atomic mass is 9.74. The Balaban J connectivity index is 2.03. The molecule has 2 nitrogen and oxygen atoms in total. The molecule has 1 saturated heterocycles. The molecule has 1 fully saturated rings. The van der Waals surface area contributed by atoms with Crippen LogP contribution in [0.5, 0.6) is 0 Å². The average Bonchev–Trinajstić information content (AvgIpc) is 2.58. The second-order valence-electron chi connectivity index (χ2n) is 4.96. The summed E-state index contributed by atoms with van der Waals surface area (Å²) in [5.41, 5.74) is 2.88. The third-order valence-electron chi connectivity index (χ3n) is 3.83. The van der Waals surface area contributed by atoms with Crippen molar-refractivity contribution >= 4 is 17.3 Å². The summed E-state index contributed by atoms with van der Waals surface area (Å²) in [7, 11) is 0. The lowest BCUT2D eigenvalue weighted by molar-refractivity contribution is -0.00527. The van der Waals surface area contributed by atoms with Gasteiger partial charge in [0, 0.05) is 29.3 Å². The molecule has 1 aromatic carbocycles. The maximum Gasteiger partial charge on any atom is 0.0556 e. The quantitative estimate of drug-likeness (QED) is 0.748. The molecule has 0 amide bonds. The number of ether oxygens (including phenoxy) is 1. The van der Waals surface area contributed by atoms with Crippen molar-refractivity contribution in [2.45, 2.75) is 31.3 Å². The Labute approximate surface area is 101 Å². The number of fused-ring (bicyclic) bond motifs is 2. The Morgan fingerprint density at radius 3 is 3.19 bits per heavy atom. The van der Waals surface area contributed by atoms with Crippen LogP contribution in [0.25, 0.3) is 0 Å². The minimum Gasteiger partial charge on any atom is -0.384 e. The van der Waals surface area contributed by atoms with Crippen LogP contribution in [0.2, 0.25) is 5.02 Å². The van der Waals surface area contributed by atoms with Crippen LogP contribution in [0.4, 0.5) is 5.69 Å². The molecule has 2 heterocycles. The highest BCUT2D eigenvalue weighted by Gasteiger charge is 2.42. The van der Waals surface area contributed by atoms with Gasteiger partial charge in [0.15, 0.2) is 0 Å². The molecule has 0 aliphatic carbocycles. The molecular formula is C13H16ClNO. The minimum atomic E-state index is 0.248. The molecule has 86 valence electrons. The van der Waals surface area contributed by atoms with E-state index in [2.05, 4.69) is 24.4 Å². The zero-order valence-electron chi connectivity index (χ0n) is 9.42. The molecule has 1 aromatic rings. The SMILES string of the molecule is CC1CC2(CCO1)CNc1ccc(Cl)cc12. The molecule has 2 aliphatic rings. The molecule has 1 N–H and O–H groups in total. The van der Waals surface area contributed by atoms with E-state index in [1.54, 1.807) is 0 Å². The lowest BCUT2D eigenvalue weighted by Crippen LogP contribution is -2.39. The fourth-order valence-corrected chi connectivity index (χ4v) is 3.21. The first kappa shape index (κ1) is 10.4. The zero-order valence-corrected chi connectivity index (χ0v) is 10.2. The second-order valence-corrected chi connectivity index (χ2v) is 5.40. The van der Waals surface area contributed by atoms with Crippen LogP contribution in [0.1, 0.15) is 25.3 Å². The van der Waals surface area contributed by atoms with Gasteiger partial charge in [0.05, 0.1) is 6.10 Å². The van der Waals surface area contributed by atoms with Gasteiger partial charge in [0.1, 0.15) is 0 Å². The van der Waals surface area contributed by atoms with E-state index in [9.17, 15) is 0 Å². The molecule has 2 atom stereocenters. The Kier molecular flexibility index (Phi) is 2.37. The summed E-state index contributed by atoms with van der Waals surface area (Å²) in [4.78, 5) is 0. The predicted octanol–water partition coefficient (Wildman–Crippen LogP) is 3.20. The van der Waals surface area contributed by atoms with Crippen LogP contribution in [0.3, 0.4) is 0 Å². The van der Waals surface area contributed by atoms with Crippen LogP contribution < -0.4 is 5.32 Å². The third-order valence-corrected chi connectivity index (χ3v) is 4.07. The summed E-state index contributed by atoms with van der Waals surface area (Å²) in [6, 6.07) is 6.16. The van der Waals surface area contributed by atoms with Gasteiger partial charge in [-0.2, -0.15) is 0 Å². The molecule has 0 bridgehead atoms. The number of hydrogen-bond donors (Lipinski definition) is 1. The van der Waals surface area contributed by atoms with E-state index in [4.69, 9.17) is 16.3 Å². The topological polar surface area (TPSA) is 21.3 Å². The molecule has 2 aliphatic heterocycles. The standard InChI is InChI=1S/C13H16ClNO/c1-9-7-13(4-5-16-9)8-15-12-3-2-10(14)6-11(12)13/h2-3,6,9,15H,4-5,7-8H2,1H3. The van der Waals surface area contributed by atoms with Crippen LogP contribution in [-0.2, 0) is 10.2 Å². The highest BCUT2D eigenvalue weighted by molar-refractivity contribution is 6.30. The second kappa shape index (κ2) is 3.64. The Bertz CT molecular complexity index is 416. The molecule has 0 aromatic heterocycles. The molecule has 3 heteroatoms. The van der Waals surface area contributed by atoms with Crippen molar-refractivity contribution in [2.75, 3.05) is 18.5 Å². The summed E-state index contributed by atoms with van der Waals surface area (Å²) in [6.45, 7) is 4.04. The van der Waals surface area contributed by atoms with Gasteiger partial charge in [-0.15, -0.1) is 0 Å². The monoisotopic (exact) mass is 237 g/mol. The maximum absolute atomic E-state index is 6.10. The first-order valence-corrected chi connectivity index (χ1v) is 6.23. The first-order valence-electron chi connectivity index (χ1n) is 5.85. The number of benzene rings is 1. The van der Waals surface area contributed by atoms with Crippen molar-refractivity contribution in [1.82, 2.24) is 0 Å². The molecule has 1 spiro atoms. The first-order chi connectivity index (χ1) is 7.70. The van der Waals surface area contributed by atoms with Gasteiger partial charge in [-0.25, -0.2) is 0 Å². The summed E-state index contributed by atoms with van der Waals surface area (Å²) in [5, 5.41) is 4.33. The van der Waals surface area contributed by atoms with E-state index < -0.39 is 0 Å². The summed E-state index contributed by atoms with van der Waals surface area (Å²) in [5.74, 6) is 0. The number of anilines is 1. The van der Waals surface area contributed by atoms with E-state index in [0.717, 1.165) is 31.0 Å². The number of halogens is 1. The van der Waals surface area contributed by atoms with Crippen molar-refractivity contribution < 1.29 is 4.74 Å². The summed E-state index contributed by atoms with van der Waals surface area (Å²) < 4.78 is 5.65. The van der Waals surface area contributed by atoms with E-state index in [0.29, 0.717) is 6.10 Å². The van der Waals surface area contributed by atoms with Crippen molar-refractivity contribution in [3.63, 3.8) is 0 Å². The molecule has 2 unspecified atom stereocenters. The fraction of sp³-hybridized carbons (Fsp3) is 0.538. The zero-order chi connectivity index (χ0) is 11.2. The van der Waals surface area contributed by atoms with Gasteiger partial charge < -0.3 is 10.1 Å². The Morgan fingerprint density at radius 2 is 2.38 bits per heavy atom. The van der Waals surface area contributed by atoms with Crippen LogP contribution in [0, 0.1) is 0 Å². The lowest BCUT2D eigenvalue weighted by Gasteiger charge is -2.37. The van der Waals surface area contributed by atoms with Gasteiger partial charge in [-0.05, 0) is 43.5 Å². The van der Waals surface area contributed by atoms with Gasteiger partial charge in [0.2, 0.25) is 0 Å². The molecular weight excluding hydrogens is 222 g/mol. The van der Waals surface area contributed by atoms with Crippen molar-refractivity contribution in [1.29, 1.82) is 0 Å². The number of nitrogens with one attached hydrogen (secondary N) is 1. The van der Waals surface area contributed by atoms with Crippen LogP contribution >= 0.6 is 11.6 Å². The van der Waals surface area contributed by atoms with E-state index in [-0.39, 0.29) is 5.41 Å². The predicted molar refractivity (Wildman–Crippen MR) is 66.3 cm³/mol. The van der Waals surface area contributed by atoms with Gasteiger partial charge in [-0.1, -0.05) is 11.6 Å². The molecule has 16 heavy (non-hydrogen) atoms. The van der Waals surface area contributed by atoms with E-state index in [1.165, 1.54) is 11.3 Å². The highest BCUT2D eigenvalue weighted by Crippen LogP contribution is 2.45. The summed E-state index contributed by atoms with van der Waals surface area (Å²) in [6.07, 6.45) is 2.53. The Hall–Kier alpha value is -0.730. The fourth-order valence-electron chi connectivity index (χ4n) is 3.04. The van der Waals surface area contributed by atoms with Crippen LogP contribution in [-0.4, -0.2) is 19.3 Å². The summed E-state index contributed by atoms with van der Waals surface area (Å²) >= 11 is 6.10. The van der Waals surface area contributed by atoms with Gasteiger partial charge in [-0.3, -0.25) is 0 Å². The smallest absolute Gasteiger partial charge is 0.0556 e. The van der Waals surface area contributed by atoms with E-state index in [1.807, 2.05) is 6.07 Å². The average molecular weight is 238 g/mol. The Morgan fingerprint density at radius 1 is 1.50 bits per heavy atom. The molecule has 0 saturated carbocycles. The van der Waals surface area contributed by atoms with Crippen molar-refractivity contribution in [3.8, 4) is 0 Å². The van der Waals surface area contributed by atoms with Gasteiger partial charge in [0.25, 0.3) is 0 Å². The molecule has 3 rings (SSSR count). The maximum atomic E-state index is 6.10. The van der Waals surface area contributed by atoms with E-state index >= 15 is 0 Å². The minimum absolute atomic E-state index is 0.248. The number of rotatable bonds is 0. The van der Waals surface area contributed by atoms with Gasteiger partial charge >= 0.3 is 0 Å². The molecule has 0 radical (unpaired) electrons. The normalized spacial score (nSPS) is 32.5. The van der Waals surface area contributed by atoms with Crippen molar-refractivity contribution in [2.24, 2.45) is 0 Å².